The fourth-order valence-corrected chi connectivity index (χ4v) is 1.92. The molecule has 110 valence electrons. The summed E-state index contributed by atoms with van der Waals surface area (Å²) < 4.78 is 12.9. The lowest BCUT2D eigenvalue weighted by atomic mass is 10.1. The van der Waals surface area contributed by atoms with Crippen LogP contribution in [0.4, 0.5) is 10.1 Å². The third kappa shape index (κ3) is 3.58. The maximum Gasteiger partial charge on any atom is 0.259 e. The van der Waals surface area contributed by atoms with Gasteiger partial charge in [0.1, 0.15) is 11.6 Å². The van der Waals surface area contributed by atoms with Crippen LogP contribution in [-0.4, -0.2) is 18.1 Å². The molecule has 0 saturated heterocycles. The number of amides is 1. The Morgan fingerprint density at radius 1 is 1.19 bits per heavy atom. The van der Waals surface area contributed by atoms with E-state index < -0.39 is 11.7 Å². The topological polar surface area (TPSA) is 61.4 Å². The van der Waals surface area contributed by atoms with Gasteiger partial charge in [0.25, 0.3) is 5.91 Å². The molecule has 0 aromatic heterocycles. The van der Waals surface area contributed by atoms with Gasteiger partial charge >= 0.3 is 0 Å². The van der Waals surface area contributed by atoms with Gasteiger partial charge in [0.15, 0.2) is 0 Å². The molecular formula is C16H17FN2O2. The van der Waals surface area contributed by atoms with Crippen LogP contribution >= 0.6 is 0 Å². The number of phenolic OH excluding ortho intramolecular Hbond substituents is 1. The molecule has 2 aromatic rings. The van der Waals surface area contributed by atoms with Crippen LogP contribution in [0, 0.1) is 5.82 Å². The zero-order chi connectivity index (χ0) is 15.4. The lowest BCUT2D eigenvalue weighted by molar-refractivity contribution is 0.102. The van der Waals surface area contributed by atoms with Crippen LogP contribution in [0.1, 0.15) is 28.9 Å². The van der Waals surface area contributed by atoms with Crippen molar-refractivity contribution in [2.75, 3.05) is 12.4 Å². The van der Waals surface area contributed by atoms with Gasteiger partial charge in [-0.2, -0.15) is 0 Å². The number of carbonyl (C=O) groups excluding carboxylic acids is 1. The number of rotatable bonds is 4. The Morgan fingerprint density at radius 2 is 1.86 bits per heavy atom. The minimum absolute atomic E-state index is 0.0315. The van der Waals surface area contributed by atoms with Crippen LogP contribution in [-0.2, 0) is 0 Å². The average molecular weight is 288 g/mol. The van der Waals surface area contributed by atoms with Crippen LogP contribution in [0.15, 0.2) is 42.5 Å². The average Bonchev–Trinajstić information content (AvgIpc) is 2.47. The van der Waals surface area contributed by atoms with Crippen molar-refractivity contribution in [1.82, 2.24) is 5.32 Å². The number of hydrogen-bond acceptors (Lipinski definition) is 3. The fraction of sp³-hybridized carbons (Fsp3) is 0.188. The highest BCUT2D eigenvalue weighted by Gasteiger charge is 2.12. The number of phenols is 1. The third-order valence-electron chi connectivity index (χ3n) is 3.31. The van der Waals surface area contributed by atoms with Crippen molar-refractivity contribution in [1.29, 1.82) is 0 Å². The van der Waals surface area contributed by atoms with Gasteiger partial charge in [-0.15, -0.1) is 0 Å². The summed E-state index contributed by atoms with van der Waals surface area (Å²) in [5, 5.41) is 15.4. The predicted octanol–water partition coefficient (Wildman–Crippen LogP) is 3.06. The van der Waals surface area contributed by atoms with E-state index in [1.807, 2.05) is 26.1 Å². The van der Waals surface area contributed by atoms with Crippen molar-refractivity contribution < 1.29 is 14.3 Å². The van der Waals surface area contributed by atoms with Crippen LogP contribution < -0.4 is 10.6 Å². The van der Waals surface area contributed by atoms with Gasteiger partial charge in [-0.3, -0.25) is 4.79 Å². The lowest BCUT2D eigenvalue weighted by Crippen LogP contribution is -2.14. The van der Waals surface area contributed by atoms with Crippen molar-refractivity contribution >= 4 is 11.6 Å². The first kappa shape index (κ1) is 15.0. The molecule has 0 radical (unpaired) electrons. The second kappa shape index (κ2) is 6.37. The molecule has 21 heavy (non-hydrogen) atoms. The van der Waals surface area contributed by atoms with E-state index in [0.717, 1.165) is 17.7 Å². The van der Waals surface area contributed by atoms with Gasteiger partial charge in [0.05, 0.1) is 5.56 Å². The van der Waals surface area contributed by atoms with Crippen molar-refractivity contribution in [2.45, 2.75) is 13.0 Å². The molecule has 0 spiro atoms. The zero-order valence-electron chi connectivity index (χ0n) is 11.9. The van der Waals surface area contributed by atoms with E-state index in [4.69, 9.17) is 0 Å². The van der Waals surface area contributed by atoms with Gasteiger partial charge in [-0.05, 0) is 43.8 Å². The first-order chi connectivity index (χ1) is 10.0. The molecule has 0 fully saturated rings. The van der Waals surface area contributed by atoms with E-state index in [9.17, 15) is 14.3 Å². The van der Waals surface area contributed by atoms with Crippen LogP contribution in [0.2, 0.25) is 0 Å². The van der Waals surface area contributed by atoms with Gasteiger partial charge in [-0.1, -0.05) is 12.1 Å². The molecule has 0 saturated carbocycles. The maximum atomic E-state index is 12.9. The van der Waals surface area contributed by atoms with Crippen LogP contribution in [0.3, 0.4) is 0 Å². The Hall–Kier alpha value is -2.40. The van der Waals surface area contributed by atoms with E-state index in [2.05, 4.69) is 10.6 Å². The minimum atomic E-state index is -0.588. The van der Waals surface area contributed by atoms with Gasteiger partial charge in [0, 0.05) is 17.8 Å². The smallest absolute Gasteiger partial charge is 0.259 e. The number of anilines is 1. The zero-order valence-corrected chi connectivity index (χ0v) is 11.9. The second-order valence-corrected chi connectivity index (χ2v) is 4.75. The summed E-state index contributed by atoms with van der Waals surface area (Å²) in [6, 6.07) is 10.9. The number of hydrogen-bond donors (Lipinski definition) is 3. The summed E-state index contributed by atoms with van der Waals surface area (Å²) in [6.07, 6.45) is 0. The number of nitrogens with one attached hydrogen (secondary N) is 2. The van der Waals surface area contributed by atoms with Crippen molar-refractivity contribution in [3.8, 4) is 5.75 Å². The predicted molar refractivity (Wildman–Crippen MR) is 79.9 cm³/mol. The Morgan fingerprint density at radius 3 is 2.43 bits per heavy atom. The van der Waals surface area contributed by atoms with E-state index in [1.54, 1.807) is 12.1 Å². The molecule has 2 rings (SSSR count). The summed E-state index contributed by atoms with van der Waals surface area (Å²) in [5.41, 5.74) is 1.74. The quantitative estimate of drug-likeness (QED) is 0.810. The molecule has 5 heteroatoms. The molecule has 0 aliphatic heterocycles. The molecule has 0 aliphatic carbocycles. The number of aromatic hydroxyl groups is 1. The molecule has 4 nitrogen and oxygen atoms in total. The fourth-order valence-electron chi connectivity index (χ4n) is 1.92. The highest BCUT2D eigenvalue weighted by atomic mass is 19.1. The summed E-state index contributed by atoms with van der Waals surface area (Å²) in [6.45, 7) is 2.03. The Labute approximate surface area is 122 Å². The minimum Gasteiger partial charge on any atom is -0.507 e. The van der Waals surface area contributed by atoms with E-state index >= 15 is 0 Å². The molecule has 0 bridgehead atoms. The summed E-state index contributed by atoms with van der Waals surface area (Å²) in [5.74, 6) is -1.45. The monoisotopic (exact) mass is 288 g/mol. The van der Waals surface area contributed by atoms with Gasteiger partial charge in [-0.25, -0.2) is 4.39 Å². The van der Waals surface area contributed by atoms with E-state index in [-0.39, 0.29) is 17.4 Å². The SMILES string of the molecule is CNC(C)c1ccc(NC(=O)c2ccc(F)cc2O)cc1. The molecule has 1 unspecified atom stereocenters. The molecular weight excluding hydrogens is 271 g/mol. The first-order valence-corrected chi connectivity index (χ1v) is 6.58. The van der Waals surface area contributed by atoms with E-state index in [0.29, 0.717) is 5.69 Å². The lowest BCUT2D eigenvalue weighted by Gasteiger charge is -2.12. The first-order valence-electron chi connectivity index (χ1n) is 6.58. The van der Waals surface area contributed by atoms with Crippen molar-refractivity contribution in [3.05, 3.63) is 59.4 Å². The van der Waals surface area contributed by atoms with Crippen LogP contribution in [0.5, 0.6) is 5.75 Å². The second-order valence-electron chi connectivity index (χ2n) is 4.75. The Kier molecular flexibility index (Phi) is 4.55. The molecule has 1 atom stereocenters. The number of halogens is 1. The number of carbonyl (C=O) groups is 1. The standard InChI is InChI=1S/C16H17FN2O2/c1-10(18-2)11-3-6-13(7-4-11)19-16(21)14-8-5-12(17)9-15(14)20/h3-10,18,20H,1-2H3,(H,19,21). The summed E-state index contributed by atoms with van der Waals surface area (Å²) >= 11 is 0. The number of benzene rings is 2. The maximum absolute atomic E-state index is 12.9. The Bertz CT molecular complexity index is 641. The highest BCUT2D eigenvalue weighted by molar-refractivity contribution is 6.06. The normalized spacial score (nSPS) is 12.0. The van der Waals surface area contributed by atoms with Gasteiger partial charge in [0.2, 0.25) is 0 Å². The highest BCUT2D eigenvalue weighted by Crippen LogP contribution is 2.21. The summed E-state index contributed by atoms with van der Waals surface area (Å²) in [4.78, 5) is 12.0. The largest absolute Gasteiger partial charge is 0.507 e. The van der Waals surface area contributed by atoms with E-state index in [1.165, 1.54) is 6.07 Å². The molecule has 0 heterocycles. The molecule has 1 amide bonds. The molecule has 2 aromatic carbocycles. The van der Waals surface area contributed by atoms with Crippen LogP contribution in [0.25, 0.3) is 0 Å². The van der Waals surface area contributed by atoms with Gasteiger partial charge < -0.3 is 15.7 Å². The molecule has 3 N–H and O–H groups in total. The van der Waals surface area contributed by atoms with Crippen molar-refractivity contribution in [2.24, 2.45) is 0 Å². The summed E-state index contributed by atoms with van der Waals surface area (Å²) in [7, 11) is 1.87. The third-order valence-corrected chi connectivity index (χ3v) is 3.31. The Balaban J connectivity index is 2.12. The van der Waals surface area contributed by atoms with Crippen molar-refractivity contribution in [3.63, 3.8) is 0 Å². The molecule has 0 aliphatic rings.